The SMILES string of the molecule is COC(=O)[C@@]12CCCC[C@@H]1[C@@]1(C)CCCC(=O)[C@H]12. The summed E-state index contributed by atoms with van der Waals surface area (Å²) < 4.78 is 5.07. The first-order valence-corrected chi connectivity index (χ1v) is 7.18. The Bertz CT molecular complexity index is 403. The minimum Gasteiger partial charge on any atom is -0.469 e. The number of rotatable bonds is 1. The van der Waals surface area contributed by atoms with Gasteiger partial charge in [0.25, 0.3) is 0 Å². The standard InChI is InChI=1S/C15H22O3/c1-14-8-5-6-10(16)12(14)15(13(17)18-2)9-4-3-7-11(14)15/h11-12H,3-9H2,1-2H3/t11-,12-,14-,15+/m1/s1. The number of Topliss-reactive ketones (excluding diaryl/α,β-unsaturated/α-hetero) is 1. The zero-order chi connectivity index (χ0) is 13.0. The van der Waals surface area contributed by atoms with Gasteiger partial charge in [0.1, 0.15) is 5.78 Å². The molecule has 3 aliphatic carbocycles. The van der Waals surface area contributed by atoms with Gasteiger partial charge in [0.05, 0.1) is 12.5 Å². The molecule has 0 amide bonds. The van der Waals surface area contributed by atoms with Gasteiger partial charge in [0.2, 0.25) is 0 Å². The maximum atomic E-state index is 12.3. The van der Waals surface area contributed by atoms with E-state index in [-0.39, 0.29) is 17.3 Å². The maximum absolute atomic E-state index is 12.3. The van der Waals surface area contributed by atoms with Crippen LogP contribution < -0.4 is 0 Å². The third kappa shape index (κ3) is 1.20. The maximum Gasteiger partial charge on any atom is 0.312 e. The van der Waals surface area contributed by atoms with Crippen molar-refractivity contribution >= 4 is 11.8 Å². The monoisotopic (exact) mass is 250 g/mol. The van der Waals surface area contributed by atoms with Gasteiger partial charge in [-0.2, -0.15) is 0 Å². The molecule has 18 heavy (non-hydrogen) atoms. The van der Waals surface area contributed by atoms with E-state index in [0.29, 0.717) is 18.1 Å². The van der Waals surface area contributed by atoms with Crippen LogP contribution in [0.2, 0.25) is 0 Å². The van der Waals surface area contributed by atoms with Crippen LogP contribution in [0, 0.1) is 22.7 Å². The Kier molecular flexibility index (Phi) is 2.58. The lowest BCUT2D eigenvalue weighted by molar-refractivity contribution is -0.235. The quantitative estimate of drug-likeness (QED) is 0.672. The molecule has 3 fully saturated rings. The van der Waals surface area contributed by atoms with E-state index >= 15 is 0 Å². The van der Waals surface area contributed by atoms with Crippen LogP contribution in [0.15, 0.2) is 0 Å². The van der Waals surface area contributed by atoms with E-state index in [0.717, 1.165) is 32.1 Å². The van der Waals surface area contributed by atoms with Crippen molar-refractivity contribution in [3.8, 4) is 0 Å². The van der Waals surface area contributed by atoms with Crippen LogP contribution in [-0.4, -0.2) is 18.9 Å². The summed E-state index contributed by atoms with van der Waals surface area (Å²) in [5.74, 6) is 0.508. The molecule has 3 saturated carbocycles. The van der Waals surface area contributed by atoms with E-state index in [1.54, 1.807) is 0 Å². The second-order valence-electron chi connectivity index (χ2n) is 6.59. The van der Waals surface area contributed by atoms with Gasteiger partial charge >= 0.3 is 5.97 Å². The van der Waals surface area contributed by atoms with Gasteiger partial charge in [0.15, 0.2) is 0 Å². The van der Waals surface area contributed by atoms with E-state index < -0.39 is 5.41 Å². The lowest BCUT2D eigenvalue weighted by Crippen LogP contribution is -2.71. The molecule has 0 radical (unpaired) electrons. The van der Waals surface area contributed by atoms with Crippen molar-refractivity contribution in [1.82, 2.24) is 0 Å². The number of fused-ring (bicyclic) bond motifs is 4. The molecular formula is C15H22O3. The van der Waals surface area contributed by atoms with Crippen LogP contribution in [0.3, 0.4) is 0 Å². The Balaban J connectivity index is 2.03. The molecular weight excluding hydrogens is 228 g/mol. The van der Waals surface area contributed by atoms with Gasteiger partial charge in [-0.25, -0.2) is 0 Å². The van der Waals surface area contributed by atoms with Crippen LogP contribution in [0.5, 0.6) is 0 Å². The molecule has 0 unspecified atom stereocenters. The molecule has 100 valence electrons. The molecule has 3 rings (SSSR count). The highest BCUT2D eigenvalue weighted by Crippen LogP contribution is 2.72. The molecule has 0 aromatic rings. The topological polar surface area (TPSA) is 43.4 Å². The molecule has 3 heteroatoms. The van der Waals surface area contributed by atoms with E-state index in [1.807, 2.05) is 0 Å². The lowest BCUT2D eigenvalue weighted by Gasteiger charge is -2.68. The summed E-state index contributed by atoms with van der Waals surface area (Å²) in [6.45, 7) is 2.23. The van der Waals surface area contributed by atoms with Crippen molar-refractivity contribution in [1.29, 1.82) is 0 Å². The van der Waals surface area contributed by atoms with Crippen LogP contribution in [-0.2, 0) is 14.3 Å². The molecule has 4 atom stereocenters. The summed E-state index contributed by atoms with van der Waals surface area (Å²) >= 11 is 0. The summed E-state index contributed by atoms with van der Waals surface area (Å²) in [7, 11) is 1.46. The molecule has 0 aromatic carbocycles. The van der Waals surface area contributed by atoms with Crippen molar-refractivity contribution in [2.75, 3.05) is 7.11 Å². The van der Waals surface area contributed by atoms with Gasteiger partial charge in [-0.1, -0.05) is 19.8 Å². The normalized spacial score (nSPS) is 46.7. The summed E-state index contributed by atoms with van der Waals surface area (Å²) in [6.07, 6.45) is 6.97. The lowest BCUT2D eigenvalue weighted by atomic mass is 9.33. The average molecular weight is 250 g/mol. The Morgan fingerprint density at radius 3 is 2.78 bits per heavy atom. The first kappa shape index (κ1) is 12.2. The van der Waals surface area contributed by atoms with E-state index in [2.05, 4.69) is 6.92 Å². The number of hydrogen-bond acceptors (Lipinski definition) is 3. The fourth-order valence-corrected chi connectivity index (χ4v) is 5.47. The van der Waals surface area contributed by atoms with Crippen LogP contribution in [0.4, 0.5) is 0 Å². The van der Waals surface area contributed by atoms with Gasteiger partial charge in [-0.05, 0) is 37.0 Å². The second-order valence-corrected chi connectivity index (χ2v) is 6.59. The number of esters is 1. The smallest absolute Gasteiger partial charge is 0.312 e. The van der Waals surface area contributed by atoms with Crippen molar-refractivity contribution in [2.45, 2.75) is 51.9 Å². The number of methoxy groups -OCH3 is 1. The van der Waals surface area contributed by atoms with Crippen molar-refractivity contribution in [3.05, 3.63) is 0 Å². The zero-order valence-corrected chi connectivity index (χ0v) is 11.3. The molecule has 0 spiro atoms. The van der Waals surface area contributed by atoms with Crippen molar-refractivity contribution in [2.24, 2.45) is 22.7 Å². The Labute approximate surface area is 108 Å². The summed E-state index contributed by atoms with van der Waals surface area (Å²) in [5.41, 5.74) is -0.386. The highest BCUT2D eigenvalue weighted by Gasteiger charge is 2.74. The number of carbonyl (C=O) groups excluding carboxylic acids is 2. The molecule has 0 N–H and O–H groups in total. The first-order chi connectivity index (χ1) is 8.57. The highest BCUT2D eigenvalue weighted by molar-refractivity contribution is 5.93. The first-order valence-electron chi connectivity index (χ1n) is 7.18. The van der Waals surface area contributed by atoms with Gasteiger partial charge in [-0.3, -0.25) is 9.59 Å². The third-order valence-corrected chi connectivity index (χ3v) is 5.95. The predicted octanol–water partition coefficient (Wildman–Crippen LogP) is 2.73. The molecule has 0 aromatic heterocycles. The number of carbonyl (C=O) groups is 2. The molecule has 3 nitrogen and oxygen atoms in total. The minimum atomic E-state index is -0.459. The van der Waals surface area contributed by atoms with E-state index in [1.165, 1.54) is 13.5 Å². The number of ether oxygens (including phenoxy) is 1. The number of hydrogen-bond donors (Lipinski definition) is 0. The van der Waals surface area contributed by atoms with Crippen LogP contribution in [0.1, 0.15) is 51.9 Å². The van der Waals surface area contributed by atoms with Gasteiger partial charge in [-0.15, -0.1) is 0 Å². The molecule has 0 bridgehead atoms. The predicted molar refractivity (Wildman–Crippen MR) is 66.9 cm³/mol. The fraction of sp³-hybridized carbons (Fsp3) is 0.867. The largest absolute Gasteiger partial charge is 0.469 e. The number of ketones is 1. The Morgan fingerprint density at radius 2 is 2.06 bits per heavy atom. The molecule has 0 saturated heterocycles. The van der Waals surface area contributed by atoms with Crippen molar-refractivity contribution in [3.63, 3.8) is 0 Å². The van der Waals surface area contributed by atoms with Gasteiger partial charge < -0.3 is 4.74 Å². The summed E-state index contributed by atoms with van der Waals surface area (Å²) in [6, 6.07) is 0. The van der Waals surface area contributed by atoms with E-state index in [4.69, 9.17) is 4.74 Å². The summed E-state index contributed by atoms with van der Waals surface area (Å²) in [5, 5.41) is 0. The summed E-state index contributed by atoms with van der Waals surface area (Å²) in [4.78, 5) is 24.7. The molecule has 0 aliphatic heterocycles. The van der Waals surface area contributed by atoms with Crippen LogP contribution in [0.25, 0.3) is 0 Å². The second kappa shape index (κ2) is 3.82. The molecule has 0 heterocycles. The molecule has 3 aliphatic rings. The van der Waals surface area contributed by atoms with Crippen LogP contribution >= 0.6 is 0 Å². The Morgan fingerprint density at radius 1 is 1.28 bits per heavy atom. The third-order valence-electron chi connectivity index (χ3n) is 5.95. The highest BCUT2D eigenvalue weighted by atomic mass is 16.5. The average Bonchev–Trinajstić information content (AvgIpc) is 2.36. The van der Waals surface area contributed by atoms with Gasteiger partial charge in [0, 0.05) is 12.3 Å². The van der Waals surface area contributed by atoms with E-state index in [9.17, 15) is 9.59 Å². The Hall–Kier alpha value is -0.860. The zero-order valence-electron chi connectivity index (χ0n) is 11.3. The van der Waals surface area contributed by atoms with Crippen molar-refractivity contribution < 1.29 is 14.3 Å². The minimum absolute atomic E-state index is 0.0588. The fourth-order valence-electron chi connectivity index (χ4n) is 5.47.